The second-order valence-corrected chi connectivity index (χ2v) is 6.53. The van der Waals surface area contributed by atoms with E-state index in [0.717, 1.165) is 36.8 Å². The number of nitrogens with zero attached hydrogens (tertiary/aromatic N) is 1. The zero-order valence-electron chi connectivity index (χ0n) is 14.8. The van der Waals surface area contributed by atoms with Crippen LogP contribution in [0.25, 0.3) is 0 Å². The highest BCUT2D eigenvalue weighted by Gasteiger charge is 2.26. The maximum Gasteiger partial charge on any atom is 0.317 e. The minimum Gasteiger partial charge on any atom is -0.396 e. The fourth-order valence-corrected chi connectivity index (χ4v) is 3.26. The van der Waals surface area contributed by atoms with E-state index in [1.807, 2.05) is 43.1 Å². The van der Waals surface area contributed by atoms with E-state index in [0.29, 0.717) is 25.7 Å². The normalized spacial score (nSPS) is 20.6. The van der Waals surface area contributed by atoms with Crippen LogP contribution in [-0.4, -0.2) is 42.3 Å². The summed E-state index contributed by atoms with van der Waals surface area (Å²) in [6.45, 7) is 4.01. The summed E-state index contributed by atoms with van der Waals surface area (Å²) in [4.78, 5) is 14.2. The third-order valence-corrected chi connectivity index (χ3v) is 4.95. The van der Waals surface area contributed by atoms with Gasteiger partial charge in [0.15, 0.2) is 0 Å². The molecule has 0 saturated heterocycles. The van der Waals surface area contributed by atoms with E-state index in [4.69, 9.17) is 4.74 Å². The zero-order valence-corrected chi connectivity index (χ0v) is 14.8. The van der Waals surface area contributed by atoms with Crippen molar-refractivity contribution >= 4 is 6.03 Å². The fourth-order valence-electron chi connectivity index (χ4n) is 3.26. The summed E-state index contributed by atoms with van der Waals surface area (Å²) >= 11 is 0. The highest BCUT2D eigenvalue weighted by molar-refractivity contribution is 5.74. The van der Waals surface area contributed by atoms with Crippen molar-refractivity contribution in [1.29, 1.82) is 0 Å². The number of ether oxygens (including phenoxy) is 1. The van der Waals surface area contributed by atoms with Gasteiger partial charge in [-0.15, -0.1) is 0 Å². The first-order valence-corrected chi connectivity index (χ1v) is 8.91. The van der Waals surface area contributed by atoms with E-state index < -0.39 is 0 Å². The Hall–Kier alpha value is -1.59. The van der Waals surface area contributed by atoms with Crippen molar-refractivity contribution in [3.05, 3.63) is 35.4 Å². The molecule has 1 aromatic rings. The second kappa shape index (κ2) is 9.64. The zero-order chi connectivity index (χ0) is 17.4. The maximum atomic E-state index is 12.4. The summed E-state index contributed by atoms with van der Waals surface area (Å²) in [6.07, 6.45) is 3.93. The number of aliphatic hydroxyl groups is 1. The minimum absolute atomic E-state index is 0.0336. The lowest BCUT2D eigenvalue weighted by molar-refractivity contribution is 0.131. The number of carbonyl (C=O) groups excluding carboxylic acids is 1. The fraction of sp³-hybridized carbons (Fsp3) is 0.632. The lowest BCUT2D eigenvalue weighted by Gasteiger charge is -2.34. The Labute approximate surface area is 145 Å². The SMILES string of the molecule is CCOCc1ccccc1CNC(=O)N(C)C1CCC(CO)CC1. The van der Waals surface area contributed by atoms with Crippen LogP contribution in [0.2, 0.25) is 0 Å². The van der Waals surface area contributed by atoms with Crippen molar-refractivity contribution in [2.45, 2.75) is 51.8 Å². The van der Waals surface area contributed by atoms with Crippen LogP contribution in [0.3, 0.4) is 0 Å². The van der Waals surface area contributed by atoms with Gasteiger partial charge in [-0.1, -0.05) is 24.3 Å². The highest BCUT2D eigenvalue weighted by atomic mass is 16.5. The molecule has 0 radical (unpaired) electrons. The van der Waals surface area contributed by atoms with Gasteiger partial charge in [0.25, 0.3) is 0 Å². The lowest BCUT2D eigenvalue weighted by atomic mass is 9.86. The Kier molecular flexibility index (Phi) is 7.53. The smallest absolute Gasteiger partial charge is 0.317 e. The van der Waals surface area contributed by atoms with Crippen LogP contribution in [0, 0.1) is 5.92 Å². The molecule has 5 nitrogen and oxygen atoms in total. The molecule has 0 bridgehead atoms. The van der Waals surface area contributed by atoms with Gasteiger partial charge in [0, 0.05) is 32.8 Å². The molecule has 134 valence electrons. The Bertz CT molecular complexity index is 513. The number of carbonyl (C=O) groups is 1. The molecule has 24 heavy (non-hydrogen) atoms. The van der Waals surface area contributed by atoms with Gasteiger partial charge >= 0.3 is 6.03 Å². The molecular formula is C19H30N2O3. The molecule has 5 heteroatoms. The summed E-state index contributed by atoms with van der Waals surface area (Å²) < 4.78 is 5.49. The number of hydrogen-bond donors (Lipinski definition) is 2. The molecule has 2 rings (SSSR count). The predicted molar refractivity (Wildman–Crippen MR) is 94.6 cm³/mol. The molecular weight excluding hydrogens is 304 g/mol. The number of aliphatic hydroxyl groups excluding tert-OH is 1. The summed E-state index contributed by atoms with van der Waals surface area (Å²) in [7, 11) is 1.87. The molecule has 0 atom stereocenters. The summed E-state index contributed by atoms with van der Waals surface area (Å²) in [5, 5.41) is 12.2. The predicted octanol–water partition coefficient (Wildman–Crippen LogP) is 2.92. The molecule has 1 fully saturated rings. The number of benzene rings is 1. The van der Waals surface area contributed by atoms with Crippen LogP contribution in [-0.2, 0) is 17.9 Å². The molecule has 1 aromatic carbocycles. The minimum atomic E-state index is -0.0336. The van der Waals surface area contributed by atoms with Gasteiger partial charge in [0.05, 0.1) is 6.61 Å². The van der Waals surface area contributed by atoms with Crippen LogP contribution in [0.1, 0.15) is 43.7 Å². The van der Waals surface area contributed by atoms with Crippen LogP contribution in [0.15, 0.2) is 24.3 Å². The van der Waals surface area contributed by atoms with Gasteiger partial charge in [0.2, 0.25) is 0 Å². The monoisotopic (exact) mass is 334 g/mol. The summed E-state index contributed by atoms with van der Waals surface area (Å²) in [6, 6.07) is 8.28. The first kappa shape index (κ1) is 18.7. The Balaban J connectivity index is 1.84. The number of urea groups is 1. The Morgan fingerprint density at radius 1 is 1.25 bits per heavy atom. The van der Waals surface area contributed by atoms with Crippen molar-refractivity contribution < 1.29 is 14.6 Å². The van der Waals surface area contributed by atoms with Crippen LogP contribution in [0.5, 0.6) is 0 Å². The Morgan fingerprint density at radius 2 is 1.92 bits per heavy atom. The molecule has 0 heterocycles. The quantitative estimate of drug-likeness (QED) is 0.806. The molecule has 2 N–H and O–H groups in total. The molecule has 0 unspecified atom stereocenters. The van der Waals surface area contributed by atoms with Crippen molar-refractivity contribution in [2.75, 3.05) is 20.3 Å². The van der Waals surface area contributed by atoms with Crippen molar-refractivity contribution in [2.24, 2.45) is 5.92 Å². The number of hydrogen-bond acceptors (Lipinski definition) is 3. The van der Waals surface area contributed by atoms with E-state index in [-0.39, 0.29) is 18.7 Å². The van der Waals surface area contributed by atoms with Crippen LogP contribution < -0.4 is 5.32 Å². The van der Waals surface area contributed by atoms with Gasteiger partial charge in [-0.05, 0) is 49.7 Å². The van der Waals surface area contributed by atoms with E-state index in [9.17, 15) is 9.90 Å². The summed E-state index contributed by atoms with van der Waals surface area (Å²) in [5.74, 6) is 0.406. The van der Waals surface area contributed by atoms with E-state index in [1.54, 1.807) is 0 Å². The van der Waals surface area contributed by atoms with Crippen molar-refractivity contribution in [1.82, 2.24) is 10.2 Å². The number of amides is 2. The largest absolute Gasteiger partial charge is 0.396 e. The molecule has 0 aromatic heterocycles. The molecule has 0 aliphatic heterocycles. The second-order valence-electron chi connectivity index (χ2n) is 6.53. The van der Waals surface area contributed by atoms with E-state index >= 15 is 0 Å². The third-order valence-electron chi connectivity index (χ3n) is 4.95. The van der Waals surface area contributed by atoms with Gasteiger partial charge in [0.1, 0.15) is 0 Å². The highest BCUT2D eigenvalue weighted by Crippen LogP contribution is 2.26. The molecule has 1 saturated carbocycles. The molecule has 2 amide bonds. The number of nitrogens with one attached hydrogen (secondary N) is 1. The van der Waals surface area contributed by atoms with E-state index in [1.165, 1.54) is 0 Å². The molecule has 0 spiro atoms. The van der Waals surface area contributed by atoms with Crippen LogP contribution >= 0.6 is 0 Å². The topological polar surface area (TPSA) is 61.8 Å². The van der Waals surface area contributed by atoms with Gasteiger partial charge < -0.3 is 20.1 Å². The first-order valence-electron chi connectivity index (χ1n) is 8.91. The molecule has 1 aliphatic rings. The Morgan fingerprint density at radius 3 is 2.54 bits per heavy atom. The van der Waals surface area contributed by atoms with Gasteiger partial charge in [-0.3, -0.25) is 0 Å². The van der Waals surface area contributed by atoms with Gasteiger partial charge in [-0.25, -0.2) is 4.79 Å². The number of rotatable bonds is 7. The van der Waals surface area contributed by atoms with Crippen LogP contribution in [0.4, 0.5) is 4.79 Å². The van der Waals surface area contributed by atoms with Crippen molar-refractivity contribution in [3.63, 3.8) is 0 Å². The molecule has 1 aliphatic carbocycles. The first-order chi connectivity index (χ1) is 11.7. The maximum absolute atomic E-state index is 12.4. The summed E-state index contributed by atoms with van der Waals surface area (Å²) in [5.41, 5.74) is 2.21. The van der Waals surface area contributed by atoms with Gasteiger partial charge in [-0.2, -0.15) is 0 Å². The third kappa shape index (κ3) is 5.21. The van der Waals surface area contributed by atoms with E-state index in [2.05, 4.69) is 5.32 Å². The average molecular weight is 334 g/mol. The van der Waals surface area contributed by atoms with Crippen molar-refractivity contribution in [3.8, 4) is 0 Å². The standard InChI is InChI=1S/C19H30N2O3/c1-3-24-14-17-7-5-4-6-16(17)12-20-19(23)21(2)18-10-8-15(13-22)9-11-18/h4-7,15,18,22H,3,8-14H2,1-2H3,(H,20,23). The lowest BCUT2D eigenvalue weighted by Crippen LogP contribution is -2.45. The average Bonchev–Trinajstić information content (AvgIpc) is 2.64.